The van der Waals surface area contributed by atoms with Crippen LogP contribution in [0.15, 0.2) is 91.3 Å². The van der Waals surface area contributed by atoms with E-state index in [0.29, 0.717) is 17.1 Å². The van der Waals surface area contributed by atoms with Crippen molar-refractivity contribution in [2.45, 2.75) is 19.3 Å². The predicted molar refractivity (Wildman–Crippen MR) is 156 cm³/mol. The van der Waals surface area contributed by atoms with Crippen molar-refractivity contribution in [3.8, 4) is 0 Å². The van der Waals surface area contributed by atoms with E-state index in [9.17, 15) is 9.59 Å². The summed E-state index contributed by atoms with van der Waals surface area (Å²) in [6.07, 6.45) is 7.34. The Morgan fingerprint density at radius 3 is 1.97 bits per heavy atom. The van der Waals surface area contributed by atoms with Crippen LogP contribution in [0.2, 0.25) is 0 Å². The maximum Gasteiger partial charge on any atom is 0.259 e. The van der Waals surface area contributed by atoms with Gasteiger partial charge >= 0.3 is 0 Å². The van der Waals surface area contributed by atoms with Gasteiger partial charge < -0.3 is 9.58 Å². The average molecular weight is 515 g/mol. The number of benzene rings is 3. The number of rotatable bonds is 5. The number of nitrogens with zero attached hydrogens (tertiary/aromatic N) is 3. The van der Waals surface area contributed by atoms with E-state index in [1.807, 2.05) is 60.3 Å². The van der Waals surface area contributed by atoms with E-state index in [1.54, 1.807) is 0 Å². The molecule has 0 radical (unpaired) electrons. The Morgan fingerprint density at radius 2 is 1.28 bits per heavy atom. The summed E-state index contributed by atoms with van der Waals surface area (Å²) < 4.78 is 4.21. The highest BCUT2D eigenvalue weighted by atomic mass is 16.2. The van der Waals surface area contributed by atoms with Crippen molar-refractivity contribution in [2.75, 3.05) is 18.1 Å². The van der Waals surface area contributed by atoms with Gasteiger partial charge in [0.15, 0.2) is 0 Å². The van der Waals surface area contributed by atoms with E-state index in [-0.39, 0.29) is 11.8 Å². The Bertz CT molecular complexity index is 1770. The molecule has 0 bridgehead atoms. The monoisotopic (exact) mass is 514 g/mol. The molecule has 0 aliphatic carbocycles. The Hall–Kier alpha value is -4.58. The maximum absolute atomic E-state index is 13.3. The maximum atomic E-state index is 13.3. The predicted octanol–water partition coefficient (Wildman–Crippen LogP) is 5.29. The zero-order valence-corrected chi connectivity index (χ0v) is 21.9. The Kier molecular flexibility index (Phi) is 5.62. The summed E-state index contributed by atoms with van der Waals surface area (Å²) in [5.74, 6) is -0.0267. The van der Waals surface area contributed by atoms with Crippen molar-refractivity contribution < 1.29 is 9.59 Å². The molecule has 1 saturated heterocycles. The molecule has 1 fully saturated rings. The highest BCUT2D eigenvalue weighted by Gasteiger charge is 2.35. The van der Waals surface area contributed by atoms with Crippen LogP contribution in [0.4, 0.5) is 0 Å². The number of imide groups is 1. The van der Waals surface area contributed by atoms with Crippen molar-refractivity contribution in [3.63, 3.8) is 0 Å². The van der Waals surface area contributed by atoms with Gasteiger partial charge in [0.2, 0.25) is 0 Å². The van der Waals surface area contributed by atoms with Crippen LogP contribution in [0.1, 0.15) is 29.5 Å². The first kappa shape index (κ1) is 23.5. The summed E-state index contributed by atoms with van der Waals surface area (Å²) in [4.78, 5) is 26.6. The van der Waals surface area contributed by atoms with Crippen molar-refractivity contribution in [1.29, 1.82) is 0 Å². The third-order valence-electron chi connectivity index (χ3n) is 8.32. The first-order valence-corrected chi connectivity index (χ1v) is 13.6. The zero-order valence-electron chi connectivity index (χ0n) is 21.9. The standard InChI is InChI=1S/C33H30N4O2/c1-35-20-26(24-11-5-7-13-28(24)35)30-31(33(39)34-32(30)38)27-21-37(29-14-8-6-12-25(27)29)36-17-15-23(16-18-36)19-22-9-3-2-4-10-22/h2-14,20-21,23H,15-19H2,1H3,(H,34,38,39). The van der Waals surface area contributed by atoms with Gasteiger partial charge in [0.1, 0.15) is 0 Å². The van der Waals surface area contributed by atoms with Gasteiger partial charge in [-0.05, 0) is 42.9 Å². The molecule has 3 aromatic carbocycles. The zero-order chi connectivity index (χ0) is 26.5. The van der Waals surface area contributed by atoms with Crippen molar-refractivity contribution in [1.82, 2.24) is 14.6 Å². The van der Waals surface area contributed by atoms with Crippen molar-refractivity contribution in [3.05, 3.63) is 108 Å². The van der Waals surface area contributed by atoms with Gasteiger partial charge in [-0.1, -0.05) is 66.7 Å². The molecule has 194 valence electrons. The Labute approximate surface area is 227 Å². The van der Waals surface area contributed by atoms with Gasteiger partial charge in [-0.3, -0.25) is 19.6 Å². The van der Waals surface area contributed by atoms with Crippen LogP contribution in [-0.4, -0.2) is 34.1 Å². The minimum absolute atomic E-state index is 0.340. The van der Waals surface area contributed by atoms with Gasteiger partial charge in [0, 0.05) is 59.9 Å². The van der Waals surface area contributed by atoms with Crippen LogP contribution in [0.3, 0.4) is 0 Å². The quantitative estimate of drug-likeness (QED) is 0.324. The SMILES string of the molecule is Cn1cc(C2=C(c3cn(N4CCC(Cc5ccccc5)CC4)c4ccccc34)C(=O)NC2=O)c2ccccc21. The van der Waals surface area contributed by atoms with Gasteiger partial charge in [0.25, 0.3) is 11.8 Å². The summed E-state index contributed by atoms with van der Waals surface area (Å²) >= 11 is 0. The fourth-order valence-electron chi connectivity index (χ4n) is 6.39. The summed E-state index contributed by atoms with van der Waals surface area (Å²) in [6, 6.07) is 26.9. The van der Waals surface area contributed by atoms with Crippen LogP contribution < -0.4 is 10.3 Å². The molecule has 4 heterocycles. The number of para-hydroxylation sites is 2. The highest BCUT2D eigenvalue weighted by Crippen LogP contribution is 2.39. The lowest BCUT2D eigenvalue weighted by Gasteiger charge is -2.34. The van der Waals surface area contributed by atoms with E-state index in [4.69, 9.17) is 0 Å². The van der Waals surface area contributed by atoms with Crippen LogP contribution in [-0.2, 0) is 23.1 Å². The molecular formula is C33H30N4O2. The first-order valence-electron chi connectivity index (χ1n) is 13.6. The van der Waals surface area contributed by atoms with Gasteiger partial charge in [-0.2, -0.15) is 0 Å². The average Bonchev–Trinajstić information content (AvgIpc) is 3.60. The van der Waals surface area contributed by atoms with Crippen LogP contribution >= 0.6 is 0 Å². The van der Waals surface area contributed by atoms with Crippen LogP contribution in [0.25, 0.3) is 33.0 Å². The highest BCUT2D eigenvalue weighted by molar-refractivity contribution is 6.50. The number of aromatic nitrogens is 2. The van der Waals surface area contributed by atoms with Crippen LogP contribution in [0, 0.1) is 5.92 Å². The number of nitrogens with one attached hydrogen (secondary N) is 1. The second-order valence-electron chi connectivity index (χ2n) is 10.7. The molecule has 39 heavy (non-hydrogen) atoms. The Balaban J connectivity index is 1.29. The molecule has 0 spiro atoms. The van der Waals surface area contributed by atoms with E-state index in [1.165, 1.54) is 5.56 Å². The van der Waals surface area contributed by atoms with E-state index >= 15 is 0 Å². The molecule has 2 aliphatic rings. The molecule has 7 rings (SSSR count). The number of hydrogen-bond acceptors (Lipinski definition) is 3. The number of fused-ring (bicyclic) bond motifs is 2. The molecule has 6 heteroatoms. The molecule has 0 atom stereocenters. The molecule has 0 saturated carbocycles. The normalized spacial score (nSPS) is 16.6. The second-order valence-corrected chi connectivity index (χ2v) is 10.7. The summed E-state index contributed by atoms with van der Waals surface area (Å²) in [5.41, 5.74) is 5.94. The Morgan fingerprint density at radius 1 is 0.718 bits per heavy atom. The molecule has 2 amide bonds. The number of carbonyl (C=O) groups is 2. The summed E-state index contributed by atoms with van der Waals surface area (Å²) in [7, 11) is 1.97. The fourth-order valence-corrected chi connectivity index (χ4v) is 6.39. The summed E-state index contributed by atoms with van der Waals surface area (Å²) in [5, 5.41) is 6.89. The smallest absolute Gasteiger partial charge is 0.259 e. The number of carbonyl (C=O) groups excluding carboxylic acids is 2. The van der Waals surface area contributed by atoms with Gasteiger partial charge in [-0.15, -0.1) is 0 Å². The van der Waals surface area contributed by atoms with Crippen LogP contribution in [0.5, 0.6) is 0 Å². The minimum Gasteiger partial charge on any atom is -0.350 e. The second kappa shape index (κ2) is 9.31. The van der Waals surface area contributed by atoms with E-state index < -0.39 is 0 Å². The number of hydrogen-bond donors (Lipinski definition) is 1. The van der Waals surface area contributed by atoms with E-state index in [0.717, 1.165) is 65.3 Å². The van der Waals surface area contributed by atoms with Gasteiger partial charge in [0.05, 0.1) is 16.7 Å². The lowest BCUT2D eigenvalue weighted by molar-refractivity contribution is -0.122. The molecule has 5 aromatic rings. The number of aryl methyl sites for hydroxylation is 1. The topological polar surface area (TPSA) is 59.3 Å². The van der Waals surface area contributed by atoms with E-state index in [2.05, 4.69) is 57.6 Å². The number of piperidine rings is 1. The van der Waals surface area contributed by atoms with Gasteiger partial charge in [-0.25, -0.2) is 0 Å². The number of amides is 2. The molecule has 0 unspecified atom stereocenters. The molecule has 6 nitrogen and oxygen atoms in total. The first-order chi connectivity index (χ1) is 19.1. The fraction of sp³-hybridized carbons (Fsp3) is 0.212. The largest absolute Gasteiger partial charge is 0.350 e. The van der Waals surface area contributed by atoms with Crippen molar-refractivity contribution >= 4 is 44.8 Å². The van der Waals surface area contributed by atoms with Crippen molar-refractivity contribution in [2.24, 2.45) is 13.0 Å². The molecule has 2 aliphatic heterocycles. The summed E-state index contributed by atoms with van der Waals surface area (Å²) in [6.45, 7) is 1.88. The molecular weight excluding hydrogens is 484 g/mol. The lowest BCUT2D eigenvalue weighted by atomic mass is 9.91. The molecule has 1 N–H and O–H groups in total. The third-order valence-corrected chi connectivity index (χ3v) is 8.32. The molecule has 2 aromatic heterocycles. The lowest BCUT2D eigenvalue weighted by Crippen LogP contribution is -2.41. The minimum atomic E-state index is -0.343. The third kappa shape index (κ3) is 3.95.